The summed E-state index contributed by atoms with van der Waals surface area (Å²) < 4.78 is 12.1. The van der Waals surface area contributed by atoms with Crippen molar-refractivity contribution in [2.75, 3.05) is 25.6 Å². The van der Waals surface area contributed by atoms with Crippen molar-refractivity contribution in [3.8, 4) is 5.75 Å². The predicted molar refractivity (Wildman–Crippen MR) is 142 cm³/mol. The van der Waals surface area contributed by atoms with E-state index in [-0.39, 0.29) is 23.6 Å². The molecule has 5 rings (SSSR count). The molecule has 0 unspecified atom stereocenters. The minimum absolute atomic E-state index is 0.0577. The number of nitrogens with one attached hydrogen (secondary N) is 2. The van der Waals surface area contributed by atoms with E-state index in [0.717, 1.165) is 72.0 Å². The number of amides is 1. The molecule has 3 N–H and O–H groups in total. The van der Waals surface area contributed by atoms with Crippen LogP contribution < -0.4 is 10.1 Å². The van der Waals surface area contributed by atoms with E-state index in [1.807, 2.05) is 12.3 Å². The Morgan fingerprint density at radius 2 is 2.08 bits per heavy atom. The van der Waals surface area contributed by atoms with E-state index in [1.165, 1.54) is 0 Å². The molecule has 1 fully saturated rings. The van der Waals surface area contributed by atoms with Crippen LogP contribution in [-0.4, -0.2) is 53.2 Å². The third-order valence-electron chi connectivity index (χ3n) is 7.69. The molecule has 1 saturated heterocycles. The number of benzene rings is 2. The molecule has 2 atom stereocenters. The number of anilines is 1. The van der Waals surface area contributed by atoms with Crippen LogP contribution >= 0.6 is 0 Å². The maximum atomic E-state index is 12.8. The number of fused-ring (bicyclic) bond motifs is 5. The topological polar surface area (TPSA) is 104 Å². The molecule has 2 aliphatic rings. The summed E-state index contributed by atoms with van der Waals surface area (Å²) >= 11 is 0. The molecule has 2 bridgehead atoms. The first-order valence-electron chi connectivity index (χ1n) is 13.1. The van der Waals surface area contributed by atoms with Gasteiger partial charge in [-0.1, -0.05) is 12.5 Å². The van der Waals surface area contributed by atoms with E-state index < -0.39 is 5.97 Å². The van der Waals surface area contributed by atoms with Crippen molar-refractivity contribution >= 4 is 28.5 Å². The number of aryl methyl sites for hydroxylation is 1. The zero-order valence-electron chi connectivity index (χ0n) is 21.5. The molecular weight excluding hydrogens is 470 g/mol. The summed E-state index contributed by atoms with van der Waals surface area (Å²) in [7, 11) is 1.70. The number of nitrogens with zero attached hydrogens (tertiary/aromatic N) is 1. The van der Waals surface area contributed by atoms with Crippen LogP contribution in [0.15, 0.2) is 36.5 Å². The number of H-pyrrole nitrogens is 1. The number of aromatic amines is 1. The lowest BCUT2D eigenvalue weighted by molar-refractivity contribution is -0.116. The van der Waals surface area contributed by atoms with E-state index in [2.05, 4.69) is 34.3 Å². The highest BCUT2D eigenvalue weighted by molar-refractivity contribution is 5.95. The zero-order chi connectivity index (χ0) is 25.9. The van der Waals surface area contributed by atoms with Gasteiger partial charge in [-0.05, 0) is 68.0 Å². The number of aromatic nitrogens is 1. The van der Waals surface area contributed by atoms with Crippen molar-refractivity contribution in [2.45, 2.75) is 64.1 Å². The lowest BCUT2D eigenvalue weighted by Crippen LogP contribution is -2.40. The van der Waals surface area contributed by atoms with Crippen molar-refractivity contribution in [1.29, 1.82) is 0 Å². The molecule has 37 heavy (non-hydrogen) atoms. The highest BCUT2D eigenvalue weighted by atomic mass is 16.5. The Hall–Kier alpha value is -3.36. The SMILES string of the molecule is COc1cc(C)c2[nH]ccc2c1CN1CC[C@H]2C[C@H]1c1ccc(C(=O)O)cc1NC(=O)CCCCCO2. The maximum Gasteiger partial charge on any atom is 0.335 e. The molecule has 8 heteroatoms. The highest BCUT2D eigenvalue weighted by Gasteiger charge is 2.33. The van der Waals surface area contributed by atoms with Gasteiger partial charge in [0.15, 0.2) is 0 Å². The van der Waals surface area contributed by atoms with Gasteiger partial charge in [0.1, 0.15) is 5.75 Å². The number of hydrogen-bond donors (Lipinski definition) is 3. The minimum Gasteiger partial charge on any atom is -0.496 e. The number of ether oxygens (including phenoxy) is 2. The molecule has 0 radical (unpaired) electrons. The lowest BCUT2D eigenvalue weighted by Gasteiger charge is -2.40. The second-order valence-corrected chi connectivity index (χ2v) is 10.1. The van der Waals surface area contributed by atoms with Crippen LogP contribution in [0, 0.1) is 6.92 Å². The first-order valence-corrected chi connectivity index (χ1v) is 13.1. The van der Waals surface area contributed by atoms with Gasteiger partial charge in [0.05, 0.1) is 18.8 Å². The van der Waals surface area contributed by atoms with E-state index in [4.69, 9.17) is 9.47 Å². The van der Waals surface area contributed by atoms with Gasteiger partial charge in [-0.3, -0.25) is 9.69 Å². The Balaban J connectivity index is 1.57. The first-order chi connectivity index (χ1) is 17.9. The standard InChI is InChI=1S/C29H35N3O5/c1-18-14-26(36-2)23(21-9-11-30-28(18)21)17-32-12-10-20-16-25(32)22-8-7-19(29(34)35)15-24(22)31-27(33)6-4-3-5-13-37-20/h7-9,11,14-15,20,25,30H,3-6,10,12-13,16-17H2,1-2H3,(H,31,33)(H,34,35)/t20-,25-/m0/s1. The van der Waals surface area contributed by atoms with Crippen molar-refractivity contribution in [1.82, 2.24) is 9.88 Å². The summed E-state index contributed by atoms with van der Waals surface area (Å²) in [4.78, 5) is 30.3. The second-order valence-electron chi connectivity index (χ2n) is 10.1. The van der Waals surface area contributed by atoms with E-state index in [1.54, 1.807) is 19.2 Å². The fraction of sp³-hybridized carbons (Fsp3) is 0.448. The Bertz CT molecular complexity index is 1300. The molecule has 3 aromatic rings. The molecule has 8 nitrogen and oxygen atoms in total. The van der Waals surface area contributed by atoms with Crippen molar-refractivity contribution in [3.63, 3.8) is 0 Å². The van der Waals surface area contributed by atoms with Gasteiger partial charge in [-0.15, -0.1) is 0 Å². The normalized spacial score (nSPS) is 21.3. The van der Waals surface area contributed by atoms with Gasteiger partial charge in [0, 0.05) is 60.5 Å². The van der Waals surface area contributed by atoms with Gasteiger partial charge >= 0.3 is 5.97 Å². The summed E-state index contributed by atoms with van der Waals surface area (Å²) in [5.74, 6) is -0.250. The molecular formula is C29H35N3O5. The van der Waals surface area contributed by atoms with Crippen LogP contribution in [0.2, 0.25) is 0 Å². The van der Waals surface area contributed by atoms with Crippen LogP contribution in [0.1, 0.15) is 71.6 Å². The molecule has 1 amide bonds. The fourth-order valence-corrected chi connectivity index (χ4v) is 5.75. The Kier molecular flexibility index (Phi) is 7.48. The third kappa shape index (κ3) is 5.36. The number of likely N-dealkylation sites (tertiary alicyclic amines) is 1. The fourth-order valence-electron chi connectivity index (χ4n) is 5.75. The molecule has 1 aromatic heterocycles. The van der Waals surface area contributed by atoms with Gasteiger partial charge in [-0.2, -0.15) is 0 Å². The largest absolute Gasteiger partial charge is 0.496 e. The van der Waals surface area contributed by atoms with E-state index >= 15 is 0 Å². The zero-order valence-corrected chi connectivity index (χ0v) is 21.5. The van der Waals surface area contributed by atoms with E-state index in [9.17, 15) is 14.7 Å². The quantitative estimate of drug-likeness (QED) is 0.438. The van der Waals surface area contributed by atoms with Gasteiger partial charge in [0.2, 0.25) is 5.91 Å². The molecule has 3 heterocycles. The summed E-state index contributed by atoms with van der Waals surface area (Å²) in [6.07, 6.45) is 6.78. The van der Waals surface area contributed by atoms with Crippen molar-refractivity contribution < 1.29 is 24.2 Å². The number of piperidine rings is 1. The summed E-state index contributed by atoms with van der Waals surface area (Å²) in [6.45, 7) is 4.23. The molecule has 196 valence electrons. The molecule has 0 aliphatic carbocycles. The number of hydrogen-bond acceptors (Lipinski definition) is 5. The Morgan fingerprint density at radius 3 is 2.89 bits per heavy atom. The van der Waals surface area contributed by atoms with Crippen molar-refractivity contribution in [3.05, 3.63) is 58.8 Å². The number of rotatable bonds is 4. The minimum atomic E-state index is -1.01. The monoisotopic (exact) mass is 505 g/mol. The van der Waals surface area contributed by atoms with E-state index in [0.29, 0.717) is 25.3 Å². The number of methoxy groups -OCH3 is 1. The van der Waals surface area contributed by atoms with Crippen LogP contribution in [0.25, 0.3) is 10.9 Å². The van der Waals surface area contributed by atoms with Crippen molar-refractivity contribution in [2.24, 2.45) is 0 Å². The number of carboxylic acids is 1. The number of carboxylic acid groups (broad SMARTS) is 1. The van der Waals surface area contributed by atoms with Crippen LogP contribution in [0.3, 0.4) is 0 Å². The van der Waals surface area contributed by atoms with Gasteiger partial charge in [0.25, 0.3) is 0 Å². The summed E-state index contributed by atoms with van der Waals surface area (Å²) in [5.41, 5.74) is 4.99. The second kappa shape index (κ2) is 10.9. The van der Waals surface area contributed by atoms with Crippen LogP contribution in [0.5, 0.6) is 5.75 Å². The Morgan fingerprint density at radius 1 is 1.22 bits per heavy atom. The third-order valence-corrected chi connectivity index (χ3v) is 7.69. The number of carbonyl (C=O) groups is 2. The summed E-state index contributed by atoms with van der Waals surface area (Å²) in [5, 5.41) is 13.8. The first kappa shape index (κ1) is 25.3. The van der Waals surface area contributed by atoms with Gasteiger partial charge in [-0.25, -0.2) is 4.79 Å². The lowest BCUT2D eigenvalue weighted by atomic mass is 9.90. The van der Waals surface area contributed by atoms with Crippen LogP contribution in [-0.2, 0) is 16.1 Å². The highest BCUT2D eigenvalue weighted by Crippen LogP contribution is 2.40. The summed E-state index contributed by atoms with van der Waals surface area (Å²) in [6, 6.07) is 9.18. The van der Waals surface area contributed by atoms with Gasteiger partial charge < -0.3 is 24.9 Å². The molecule has 0 saturated carbocycles. The molecule has 2 aliphatic heterocycles. The maximum absolute atomic E-state index is 12.8. The average Bonchev–Trinajstić information content (AvgIpc) is 3.38. The molecule has 2 aromatic carbocycles. The number of carbonyl (C=O) groups excluding carboxylic acids is 1. The predicted octanol–water partition coefficient (Wildman–Crippen LogP) is 5.42. The van der Waals surface area contributed by atoms with Crippen LogP contribution in [0.4, 0.5) is 5.69 Å². The smallest absolute Gasteiger partial charge is 0.335 e. The average molecular weight is 506 g/mol. The Labute approximate surface area is 216 Å². The number of aromatic carboxylic acids is 1. The molecule has 0 spiro atoms.